The van der Waals surface area contributed by atoms with E-state index < -0.39 is 4.92 Å². The van der Waals surface area contributed by atoms with E-state index in [-0.39, 0.29) is 28.1 Å². The predicted molar refractivity (Wildman–Crippen MR) is 114 cm³/mol. The molecule has 0 radical (unpaired) electrons. The fourth-order valence-electron chi connectivity index (χ4n) is 2.56. The third-order valence-electron chi connectivity index (χ3n) is 3.92. The third-order valence-corrected chi connectivity index (χ3v) is 5.54. The van der Waals surface area contributed by atoms with Gasteiger partial charge in [0.15, 0.2) is 11.0 Å². The molecule has 1 N–H and O–H groups in total. The summed E-state index contributed by atoms with van der Waals surface area (Å²) in [6.45, 7) is 2.53. The second-order valence-electron chi connectivity index (χ2n) is 5.79. The fraction of sp³-hybridized carbons (Fsp3) is 0.167. The maximum Gasteiger partial charge on any atom is 0.271 e. The molecule has 0 fully saturated rings. The van der Waals surface area contributed by atoms with Crippen molar-refractivity contribution in [2.45, 2.75) is 18.6 Å². The molecule has 150 valence electrons. The molecule has 1 amide bonds. The van der Waals surface area contributed by atoms with E-state index >= 15 is 0 Å². The number of carbonyl (C=O) groups is 1. The topological polar surface area (TPSA) is 103 Å². The van der Waals surface area contributed by atoms with Gasteiger partial charge in [0, 0.05) is 24.2 Å². The highest BCUT2D eigenvalue weighted by Crippen LogP contribution is 2.30. The Morgan fingerprint density at radius 1 is 1.21 bits per heavy atom. The maximum atomic E-state index is 12.3. The van der Waals surface area contributed by atoms with Crippen molar-refractivity contribution < 1.29 is 9.72 Å². The van der Waals surface area contributed by atoms with E-state index in [1.807, 2.05) is 29.7 Å². The van der Waals surface area contributed by atoms with Crippen molar-refractivity contribution in [3.05, 3.63) is 62.6 Å². The summed E-state index contributed by atoms with van der Waals surface area (Å²) >= 11 is 13.5. The van der Waals surface area contributed by atoms with Crippen LogP contribution >= 0.6 is 35.0 Å². The molecule has 0 bridgehead atoms. The summed E-state index contributed by atoms with van der Waals surface area (Å²) < 4.78 is 1.86. The van der Waals surface area contributed by atoms with Gasteiger partial charge < -0.3 is 9.88 Å². The number of nitrogens with zero attached hydrogens (tertiary/aromatic N) is 4. The smallest absolute Gasteiger partial charge is 0.271 e. The number of aromatic nitrogens is 3. The quantitative estimate of drug-likeness (QED) is 0.310. The van der Waals surface area contributed by atoms with E-state index in [1.54, 1.807) is 6.07 Å². The second kappa shape index (κ2) is 9.25. The van der Waals surface area contributed by atoms with Crippen LogP contribution in [0.3, 0.4) is 0 Å². The Kier molecular flexibility index (Phi) is 6.73. The average Bonchev–Trinajstić information content (AvgIpc) is 3.11. The standard InChI is InChI=1S/C18H15Cl2N5O3S/c1-2-24-17(12-5-3-4-6-13(12)19)22-23-18(24)29-10-16(26)21-15-9-11(25(27)28)7-8-14(15)20/h3-9H,2,10H2,1H3,(H,21,26). The Bertz CT molecular complexity index is 1070. The number of nitro benzene ring substituents is 1. The monoisotopic (exact) mass is 451 g/mol. The van der Waals surface area contributed by atoms with Crippen molar-refractivity contribution in [2.24, 2.45) is 0 Å². The molecule has 1 aromatic heterocycles. The first-order valence-electron chi connectivity index (χ1n) is 8.45. The number of amides is 1. The fourth-order valence-corrected chi connectivity index (χ4v) is 3.75. The number of nitro groups is 1. The van der Waals surface area contributed by atoms with Crippen LogP contribution in [0.5, 0.6) is 0 Å². The van der Waals surface area contributed by atoms with E-state index in [1.165, 1.54) is 30.0 Å². The molecule has 0 unspecified atom stereocenters. The molecule has 11 heteroatoms. The molecule has 29 heavy (non-hydrogen) atoms. The zero-order valence-electron chi connectivity index (χ0n) is 15.1. The highest BCUT2D eigenvalue weighted by atomic mass is 35.5. The van der Waals surface area contributed by atoms with Gasteiger partial charge >= 0.3 is 0 Å². The lowest BCUT2D eigenvalue weighted by Gasteiger charge is -2.09. The number of benzene rings is 2. The van der Waals surface area contributed by atoms with Crippen molar-refractivity contribution >= 4 is 52.2 Å². The molecule has 0 spiro atoms. The molecule has 2 aromatic carbocycles. The number of thioether (sulfide) groups is 1. The first-order valence-corrected chi connectivity index (χ1v) is 10.2. The molecule has 0 aliphatic carbocycles. The second-order valence-corrected chi connectivity index (χ2v) is 7.55. The van der Waals surface area contributed by atoms with Gasteiger partial charge in [-0.05, 0) is 25.1 Å². The van der Waals surface area contributed by atoms with Crippen LogP contribution in [0.15, 0.2) is 47.6 Å². The van der Waals surface area contributed by atoms with E-state index in [9.17, 15) is 14.9 Å². The molecule has 1 heterocycles. The normalized spacial score (nSPS) is 10.7. The molecule has 0 aliphatic heterocycles. The lowest BCUT2D eigenvalue weighted by Crippen LogP contribution is -2.15. The van der Waals surface area contributed by atoms with Crippen LogP contribution in [0.4, 0.5) is 11.4 Å². The summed E-state index contributed by atoms with van der Waals surface area (Å²) in [5.41, 5.74) is 0.774. The number of anilines is 1. The van der Waals surface area contributed by atoms with Gasteiger partial charge in [-0.2, -0.15) is 0 Å². The molecular formula is C18H15Cl2N5O3S. The number of nitrogens with one attached hydrogen (secondary N) is 1. The van der Waals surface area contributed by atoms with Crippen LogP contribution in [-0.2, 0) is 11.3 Å². The Hall–Kier alpha value is -2.62. The minimum absolute atomic E-state index is 0.0275. The SMILES string of the molecule is CCn1c(SCC(=O)Nc2cc([N+](=O)[O-])ccc2Cl)nnc1-c1ccccc1Cl. The summed E-state index contributed by atoms with van der Waals surface area (Å²) in [5, 5.41) is 23.2. The summed E-state index contributed by atoms with van der Waals surface area (Å²) in [6, 6.07) is 11.2. The maximum absolute atomic E-state index is 12.3. The highest BCUT2D eigenvalue weighted by Gasteiger charge is 2.17. The van der Waals surface area contributed by atoms with Gasteiger partial charge in [-0.25, -0.2) is 0 Å². The number of rotatable bonds is 7. The van der Waals surface area contributed by atoms with Crippen molar-refractivity contribution in [2.75, 3.05) is 11.1 Å². The summed E-state index contributed by atoms with van der Waals surface area (Å²) in [6.07, 6.45) is 0. The molecule has 0 atom stereocenters. The van der Waals surface area contributed by atoms with E-state index in [0.29, 0.717) is 22.5 Å². The average molecular weight is 452 g/mol. The lowest BCUT2D eigenvalue weighted by molar-refractivity contribution is -0.384. The van der Waals surface area contributed by atoms with E-state index in [2.05, 4.69) is 15.5 Å². The van der Waals surface area contributed by atoms with Crippen LogP contribution in [-0.4, -0.2) is 31.3 Å². The van der Waals surface area contributed by atoms with Gasteiger partial charge in [-0.3, -0.25) is 14.9 Å². The molecular weight excluding hydrogens is 437 g/mol. The number of halogens is 2. The number of hydrogen-bond donors (Lipinski definition) is 1. The molecule has 8 nitrogen and oxygen atoms in total. The highest BCUT2D eigenvalue weighted by molar-refractivity contribution is 7.99. The molecule has 3 rings (SSSR count). The van der Waals surface area contributed by atoms with Gasteiger partial charge in [0.25, 0.3) is 5.69 Å². The summed E-state index contributed by atoms with van der Waals surface area (Å²) in [5.74, 6) is 0.268. The van der Waals surface area contributed by atoms with Gasteiger partial charge in [-0.15, -0.1) is 10.2 Å². The summed E-state index contributed by atoms with van der Waals surface area (Å²) in [7, 11) is 0. The minimum Gasteiger partial charge on any atom is -0.324 e. The van der Waals surface area contributed by atoms with Crippen LogP contribution in [0.25, 0.3) is 11.4 Å². The van der Waals surface area contributed by atoms with Crippen LogP contribution < -0.4 is 5.32 Å². The number of hydrogen-bond acceptors (Lipinski definition) is 6. The molecule has 0 aliphatic rings. The largest absolute Gasteiger partial charge is 0.324 e. The molecule has 0 saturated heterocycles. The lowest BCUT2D eigenvalue weighted by atomic mass is 10.2. The van der Waals surface area contributed by atoms with Crippen LogP contribution in [0.1, 0.15) is 6.92 Å². The van der Waals surface area contributed by atoms with Crippen molar-refractivity contribution in [1.82, 2.24) is 14.8 Å². The Labute approximate surface area is 180 Å². The number of non-ortho nitro benzene ring substituents is 1. The van der Waals surface area contributed by atoms with Crippen LogP contribution in [0.2, 0.25) is 10.0 Å². The number of carbonyl (C=O) groups excluding carboxylic acids is 1. The molecule has 0 saturated carbocycles. The first-order chi connectivity index (χ1) is 13.9. The zero-order chi connectivity index (χ0) is 21.0. The molecule has 3 aromatic rings. The Morgan fingerprint density at radius 3 is 2.66 bits per heavy atom. The van der Waals surface area contributed by atoms with Crippen LogP contribution in [0, 0.1) is 10.1 Å². The van der Waals surface area contributed by atoms with Gasteiger partial charge in [0.05, 0.1) is 26.4 Å². The van der Waals surface area contributed by atoms with Crippen molar-refractivity contribution in [3.8, 4) is 11.4 Å². The summed E-state index contributed by atoms with van der Waals surface area (Å²) in [4.78, 5) is 22.6. The Morgan fingerprint density at radius 2 is 1.97 bits per heavy atom. The van der Waals surface area contributed by atoms with E-state index in [0.717, 1.165) is 5.56 Å². The van der Waals surface area contributed by atoms with Gasteiger partial charge in [0.2, 0.25) is 5.91 Å². The van der Waals surface area contributed by atoms with Gasteiger partial charge in [0.1, 0.15) is 0 Å². The Balaban J connectivity index is 1.72. The third kappa shape index (κ3) is 4.87. The van der Waals surface area contributed by atoms with Gasteiger partial charge in [-0.1, -0.05) is 47.1 Å². The van der Waals surface area contributed by atoms with Crippen molar-refractivity contribution in [1.29, 1.82) is 0 Å². The minimum atomic E-state index is -0.555. The zero-order valence-corrected chi connectivity index (χ0v) is 17.5. The van der Waals surface area contributed by atoms with Crippen molar-refractivity contribution in [3.63, 3.8) is 0 Å². The van der Waals surface area contributed by atoms with E-state index in [4.69, 9.17) is 23.2 Å². The first kappa shape index (κ1) is 21.1. The predicted octanol–water partition coefficient (Wildman–Crippen LogP) is 4.91.